The molecule has 3 amide bonds. The van der Waals surface area contributed by atoms with E-state index < -0.39 is 6.03 Å². The van der Waals surface area contributed by atoms with Crippen molar-refractivity contribution in [3.8, 4) is 0 Å². The molecule has 0 unspecified atom stereocenters. The van der Waals surface area contributed by atoms with E-state index in [9.17, 15) is 9.59 Å². The maximum absolute atomic E-state index is 11.6. The van der Waals surface area contributed by atoms with E-state index in [0.29, 0.717) is 21.7 Å². The highest BCUT2D eigenvalue weighted by atomic mass is 79.9. The Hall–Kier alpha value is -0.780. The number of rotatable bonds is 1. The number of anilines is 1. The van der Waals surface area contributed by atoms with E-state index >= 15 is 0 Å². The van der Waals surface area contributed by atoms with Crippen molar-refractivity contribution in [2.45, 2.75) is 6.42 Å². The minimum Gasteiger partial charge on any atom is -0.292 e. The average Bonchev–Trinajstić information content (AvgIpc) is 2.28. The van der Waals surface area contributed by atoms with Crippen LogP contribution in [-0.2, 0) is 4.79 Å². The Bertz CT molecular complexity index is 507. The molecule has 17 heavy (non-hydrogen) atoms. The van der Waals surface area contributed by atoms with Crippen molar-refractivity contribution in [2.75, 3.05) is 11.4 Å². The van der Waals surface area contributed by atoms with Gasteiger partial charge in [0, 0.05) is 17.4 Å². The van der Waals surface area contributed by atoms with Crippen LogP contribution in [0.25, 0.3) is 0 Å². The number of halogens is 3. The van der Waals surface area contributed by atoms with E-state index in [-0.39, 0.29) is 17.4 Å². The van der Waals surface area contributed by atoms with E-state index in [0.717, 1.165) is 0 Å². The highest BCUT2D eigenvalue weighted by molar-refractivity contribution is 9.10. The quantitative estimate of drug-likeness (QED) is 0.800. The molecular formula is C10H7BrCl2N2O2. The van der Waals surface area contributed by atoms with Crippen molar-refractivity contribution >= 4 is 56.8 Å². The first-order chi connectivity index (χ1) is 8.00. The smallest absolute Gasteiger partial charge is 0.292 e. The molecule has 1 aromatic rings. The predicted molar refractivity (Wildman–Crippen MR) is 69.7 cm³/mol. The molecule has 0 bridgehead atoms. The zero-order valence-electron chi connectivity index (χ0n) is 8.47. The maximum atomic E-state index is 11.6. The lowest BCUT2D eigenvalue weighted by atomic mass is 10.2. The molecule has 2 rings (SSSR count). The van der Waals surface area contributed by atoms with Crippen LogP contribution < -0.4 is 10.2 Å². The van der Waals surface area contributed by atoms with E-state index in [4.69, 9.17) is 23.2 Å². The molecule has 1 N–H and O–H groups in total. The number of hydrogen-bond donors (Lipinski definition) is 1. The number of carbonyl (C=O) groups is 2. The number of carbonyl (C=O) groups excluding carboxylic acids is 2. The summed E-state index contributed by atoms with van der Waals surface area (Å²) in [7, 11) is 0. The molecule has 1 saturated heterocycles. The summed E-state index contributed by atoms with van der Waals surface area (Å²) in [5.74, 6) is -0.286. The fourth-order valence-electron chi connectivity index (χ4n) is 1.52. The topological polar surface area (TPSA) is 49.4 Å². The Balaban J connectivity index is 2.38. The van der Waals surface area contributed by atoms with Crippen LogP contribution in [0.1, 0.15) is 6.42 Å². The average molecular weight is 338 g/mol. The van der Waals surface area contributed by atoms with Crippen LogP contribution in [0.5, 0.6) is 0 Å². The lowest BCUT2D eigenvalue weighted by Crippen LogP contribution is -2.49. The first-order valence-corrected chi connectivity index (χ1v) is 6.30. The van der Waals surface area contributed by atoms with Gasteiger partial charge in [-0.25, -0.2) is 4.79 Å². The zero-order valence-corrected chi connectivity index (χ0v) is 11.6. The summed E-state index contributed by atoms with van der Waals surface area (Å²) < 4.78 is 0.654. The molecule has 90 valence electrons. The summed E-state index contributed by atoms with van der Waals surface area (Å²) in [4.78, 5) is 24.1. The van der Waals surface area contributed by atoms with Gasteiger partial charge in [-0.3, -0.25) is 15.0 Å². The second kappa shape index (κ2) is 4.84. The summed E-state index contributed by atoms with van der Waals surface area (Å²) in [6, 6.07) is 2.89. The Kier molecular flexibility index (Phi) is 3.61. The van der Waals surface area contributed by atoms with Crippen molar-refractivity contribution in [1.82, 2.24) is 5.32 Å². The predicted octanol–water partition coefficient (Wildman–Crippen LogP) is 3.20. The van der Waals surface area contributed by atoms with Gasteiger partial charge in [-0.2, -0.15) is 0 Å². The third kappa shape index (κ3) is 2.41. The molecule has 0 aliphatic carbocycles. The number of amides is 3. The standard InChI is InChI=1S/C10H7BrCl2N2O2/c11-5-1-2-6(9(13)8(5)12)15-4-3-7(16)14-10(15)17/h1-2H,3-4H2,(H,14,16,17). The SMILES string of the molecule is O=C1CCN(c2ccc(Br)c(Cl)c2Cl)C(=O)N1. The van der Waals surface area contributed by atoms with Crippen molar-refractivity contribution in [1.29, 1.82) is 0 Å². The molecule has 7 heteroatoms. The molecule has 1 fully saturated rings. The largest absolute Gasteiger partial charge is 0.328 e. The van der Waals surface area contributed by atoms with Crippen LogP contribution in [0.15, 0.2) is 16.6 Å². The summed E-state index contributed by atoms with van der Waals surface area (Å²) >= 11 is 15.3. The molecule has 0 saturated carbocycles. The summed E-state index contributed by atoms with van der Waals surface area (Å²) in [6.07, 6.45) is 0.246. The number of nitrogens with zero attached hydrogens (tertiary/aromatic N) is 1. The van der Waals surface area contributed by atoms with Crippen LogP contribution in [0.2, 0.25) is 10.0 Å². The summed E-state index contributed by atoms with van der Waals surface area (Å²) in [5, 5.41) is 2.85. The van der Waals surface area contributed by atoms with E-state index in [2.05, 4.69) is 21.2 Å². The van der Waals surface area contributed by atoms with Gasteiger partial charge in [0.15, 0.2) is 0 Å². The molecule has 1 aliphatic heterocycles. The number of urea groups is 1. The minimum absolute atomic E-state index is 0.246. The van der Waals surface area contributed by atoms with Crippen molar-refractivity contribution < 1.29 is 9.59 Å². The number of imide groups is 1. The van der Waals surface area contributed by atoms with Crippen molar-refractivity contribution in [3.63, 3.8) is 0 Å². The van der Waals surface area contributed by atoms with Gasteiger partial charge in [0.1, 0.15) is 0 Å². The van der Waals surface area contributed by atoms with Crippen molar-refractivity contribution in [3.05, 3.63) is 26.7 Å². The number of benzene rings is 1. The Morgan fingerprint density at radius 1 is 1.24 bits per heavy atom. The lowest BCUT2D eigenvalue weighted by Gasteiger charge is -2.27. The van der Waals surface area contributed by atoms with Crippen LogP contribution in [-0.4, -0.2) is 18.5 Å². The van der Waals surface area contributed by atoms with E-state index in [1.165, 1.54) is 4.90 Å². The third-order valence-electron chi connectivity index (χ3n) is 2.36. The van der Waals surface area contributed by atoms with Gasteiger partial charge in [0.2, 0.25) is 5.91 Å². The van der Waals surface area contributed by atoms with E-state index in [1.807, 2.05) is 0 Å². The first-order valence-electron chi connectivity index (χ1n) is 4.75. The highest BCUT2D eigenvalue weighted by Gasteiger charge is 2.26. The normalized spacial score (nSPS) is 16.1. The first kappa shape index (κ1) is 12.7. The molecular weight excluding hydrogens is 331 g/mol. The van der Waals surface area contributed by atoms with Gasteiger partial charge in [-0.05, 0) is 28.1 Å². The fraction of sp³-hybridized carbons (Fsp3) is 0.200. The molecule has 0 spiro atoms. The second-order valence-electron chi connectivity index (χ2n) is 3.45. The second-order valence-corrected chi connectivity index (χ2v) is 5.06. The van der Waals surface area contributed by atoms with Gasteiger partial charge >= 0.3 is 6.03 Å². The highest BCUT2D eigenvalue weighted by Crippen LogP contribution is 2.38. The Morgan fingerprint density at radius 2 is 1.94 bits per heavy atom. The molecule has 0 atom stereocenters. The summed E-state index contributed by atoms with van der Waals surface area (Å²) in [5.41, 5.74) is 0.491. The third-order valence-corrected chi connectivity index (χ3v) is 4.12. The maximum Gasteiger partial charge on any atom is 0.328 e. The van der Waals surface area contributed by atoms with Crippen LogP contribution in [0.4, 0.5) is 10.5 Å². The molecule has 0 radical (unpaired) electrons. The van der Waals surface area contributed by atoms with Crippen LogP contribution in [0.3, 0.4) is 0 Å². The summed E-state index contributed by atoms with van der Waals surface area (Å²) in [6.45, 7) is 0.294. The zero-order chi connectivity index (χ0) is 12.6. The lowest BCUT2D eigenvalue weighted by molar-refractivity contribution is -0.120. The molecule has 1 heterocycles. The molecule has 1 aromatic carbocycles. The van der Waals surface area contributed by atoms with E-state index in [1.54, 1.807) is 12.1 Å². The van der Waals surface area contributed by atoms with Gasteiger partial charge in [-0.1, -0.05) is 23.2 Å². The number of hydrogen-bond acceptors (Lipinski definition) is 2. The van der Waals surface area contributed by atoms with Crippen LogP contribution >= 0.6 is 39.1 Å². The van der Waals surface area contributed by atoms with Gasteiger partial charge in [0.25, 0.3) is 0 Å². The Morgan fingerprint density at radius 3 is 2.59 bits per heavy atom. The van der Waals surface area contributed by atoms with Crippen LogP contribution in [0, 0.1) is 0 Å². The van der Waals surface area contributed by atoms with Gasteiger partial charge in [-0.15, -0.1) is 0 Å². The number of nitrogens with one attached hydrogen (secondary N) is 1. The monoisotopic (exact) mass is 336 g/mol. The Labute approximate surface area is 116 Å². The van der Waals surface area contributed by atoms with Gasteiger partial charge < -0.3 is 0 Å². The molecule has 0 aromatic heterocycles. The molecule has 4 nitrogen and oxygen atoms in total. The molecule has 1 aliphatic rings. The van der Waals surface area contributed by atoms with Crippen molar-refractivity contribution in [2.24, 2.45) is 0 Å². The fourth-order valence-corrected chi connectivity index (χ4v) is 2.39. The van der Waals surface area contributed by atoms with Gasteiger partial charge in [0.05, 0.1) is 15.7 Å². The minimum atomic E-state index is -0.485.